The summed E-state index contributed by atoms with van der Waals surface area (Å²) in [4.78, 5) is 11.9. The van der Waals surface area contributed by atoms with E-state index in [9.17, 15) is 4.80 Å². The Bertz CT molecular complexity index is 506. The van der Waals surface area contributed by atoms with Crippen molar-refractivity contribution in [3.05, 3.63) is 0 Å². The van der Waals surface area contributed by atoms with Crippen LogP contribution in [0.5, 0.6) is 0 Å². The summed E-state index contributed by atoms with van der Waals surface area (Å²) in [5.74, 6) is 2.62. The molecule has 0 radical (unpaired) electrons. The van der Waals surface area contributed by atoms with Crippen molar-refractivity contribution < 1.29 is 4.80 Å². The van der Waals surface area contributed by atoms with Gasteiger partial charge < -0.3 is 4.80 Å². The zero-order valence-electron chi connectivity index (χ0n) is 34.1. The van der Waals surface area contributed by atoms with E-state index in [-0.39, 0.29) is 0 Å². The molecule has 0 atom stereocenters. The van der Waals surface area contributed by atoms with E-state index in [2.05, 4.69) is 41.5 Å². The van der Waals surface area contributed by atoms with Gasteiger partial charge in [-0.25, -0.2) is 0 Å². The number of hydrogen-bond acceptors (Lipinski definition) is 1. The molecule has 0 aromatic carbocycles. The predicted octanol–water partition coefficient (Wildman–Crippen LogP) is 16.8. The van der Waals surface area contributed by atoms with Crippen LogP contribution in [0.3, 0.4) is 0 Å². The summed E-state index contributed by atoms with van der Waals surface area (Å²) >= 11 is 0. The molecule has 0 heterocycles. The van der Waals surface area contributed by atoms with E-state index in [1.807, 2.05) is 0 Å². The van der Waals surface area contributed by atoms with Crippen LogP contribution < -0.4 is 0 Å². The summed E-state index contributed by atoms with van der Waals surface area (Å²) < 4.78 is 0. The molecule has 0 unspecified atom stereocenters. The number of hydrogen-bond donors (Lipinski definition) is 1. The van der Waals surface area contributed by atoms with Crippen LogP contribution in [0, 0.1) is 17.8 Å². The SMILES string of the molecule is CC(C)CCCCCCCCCCCC[Si](O)(CCCCCCCCCCCCC(C)C)CCCCCCCCCCCCC(C)C. The first kappa shape index (κ1) is 47.2. The molecule has 284 valence electrons. The molecule has 0 rings (SSSR count). The molecular weight excluding hydrogens is 585 g/mol. The third-order valence-corrected chi connectivity index (χ3v) is 14.9. The van der Waals surface area contributed by atoms with E-state index < -0.39 is 8.32 Å². The van der Waals surface area contributed by atoms with Crippen LogP contribution in [-0.2, 0) is 0 Å². The third-order valence-electron chi connectivity index (χ3n) is 11.0. The van der Waals surface area contributed by atoms with E-state index in [1.165, 1.54) is 230 Å². The van der Waals surface area contributed by atoms with Crippen LogP contribution in [0.4, 0.5) is 0 Å². The standard InChI is InChI=1S/C45H94OSi/c1-43(2)37-31-25-19-13-7-10-16-22-28-34-40-47(46,41-35-29-23-17-11-8-14-20-26-32-38-44(3)4)42-36-30-24-18-12-9-15-21-27-33-39-45(5)6/h43-46H,7-42H2,1-6H3. The van der Waals surface area contributed by atoms with Crippen LogP contribution in [-0.4, -0.2) is 13.1 Å². The molecule has 0 aliphatic heterocycles. The zero-order valence-corrected chi connectivity index (χ0v) is 35.1. The van der Waals surface area contributed by atoms with Gasteiger partial charge in [0.15, 0.2) is 8.32 Å². The molecule has 1 N–H and O–H groups in total. The van der Waals surface area contributed by atoms with E-state index in [0.29, 0.717) is 0 Å². The third kappa shape index (κ3) is 38.8. The summed E-state index contributed by atoms with van der Waals surface area (Å²) in [7, 11) is -2.06. The van der Waals surface area contributed by atoms with Crippen LogP contribution in [0.2, 0.25) is 18.1 Å². The van der Waals surface area contributed by atoms with E-state index in [1.54, 1.807) is 0 Å². The summed E-state index contributed by atoms with van der Waals surface area (Å²) in [5, 5.41) is 0. The Labute approximate surface area is 301 Å². The molecule has 0 aromatic rings. The van der Waals surface area contributed by atoms with Crippen LogP contribution >= 0.6 is 0 Å². The van der Waals surface area contributed by atoms with Gasteiger partial charge in [-0.3, -0.25) is 0 Å². The van der Waals surface area contributed by atoms with Gasteiger partial charge in [0.2, 0.25) is 0 Å². The molecule has 0 bridgehead atoms. The Morgan fingerprint density at radius 2 is 0.404 bits per heavy atom. The molecule has 0 saturated heterocycles. The van der Waals surface area contributed by atoms with Gasteiger partial charge in [0.1, 0.15) is 0 Å². The minimum Gasteiger partial charge on any atom is -0.432 e. The van der Waals surface area contributed by atoms with Gasteiger partial charge in [0.05, 0.1) is 0 Å². The summed E-state index contributed by atoms with van der Waals surface area (Å²) in [6.45, 7) is 14.1. The molecule has 0 saturated carbocycles. The second kappa shape index (κ2) is 36.0. The lowest BCUT2D eigenvalue weighted by Gasteiger charge is -2.25. The minimum atomic E-state index is -2.06. The first-order valence-corrected chi connectivity index (χ1v) is 25.0. The normalized spacial score (nSPS) is 12.4. The Morgan fingerprint density at radius 3 is 0.574 bits per heavy atom. The molecule has 47 heavy (non-hydrogen) atoms. The maximum atomic E-state index is 11.9. The van der Waals surface area contributed by atoms with Crippen LogP contribution in [0.1, 0.15) is 253 Å². The lowest BCUT2D eigenvalue weighted by Crippen LogP contribution is -2.34. The van der Waals surface area contributed by atoms with Crippen LogP contribution in [0.15, 0.2) is 0 Å². The molecule has 0 aliphatic carbocycles. The lowest BCUT2D eigenvalue weighted by molar-refractivity contribution is 0.487. The highest BCUT2D eigenvalue weighted by Crippen LogP contribution is 2.28. The van der Waals surface area contributed by atoms with E-state index in [0.717, 1.165) is 17.8 Å². The van der Waals surface area contributed by atoms with Crippen molar-refractivity contribution >= 4 is 8.32 Å². The number of rotatable bonds is 39. The Balaban J connectivity index is 4.10. The van der Waals surface area contributed by atoms with Gasteiger partial charge in [-0.2, -0.15) is 0 Å². The van der Waals surface area contributed by atoms with Gasteiger partial charge in [0, 0.05) is 0 Å². The predicted molar refractivity (Wildman–Crippen MR) is 219 cm³/mol. The average Bonchev–Trinajstić information content (AvgIpc) is 3.02. The fourth-order valence-electron chi connectivity index (χ4n) is 7.64. The van der Waals surface area contributed by atoms with Crippen molar-refractivity contribution in [3.8, 4) is 0 Å². The molecule has 0 fully saturated rings. The summed E-state index contributed by atoms with van der Waals surface area (Å²) in [6, 6.07) is 3.57. The average molecular weight is 679 g/mol. The molecule has 0 aliphatic rings. The van der Waals surface area contributed by atoms with Crippen molar-refractivity contribution in [2.24, 2.45) is 17.8 Å². The Hall–Kier alpha value is 0.177. The first-order valence-electron chi connectivity index (χ1n) is 22.5. The quantitative estimate of drug-likeness (QED) is 0.0507. The zero-order chi connectivity index (χ0) is 34.7. The monoisotopic (exact) mass is 679 g/mol. The van der Waals surface area contributed by atoms with Crippen molar-refractivity contribution in [2.75, 3.05) is 0 Å². The molecule has 1 nitrogen and oxygen atoms in total. The van der Waals surface area contributed by atoms with Crippen molar-refractivity contribution in [1.82, 2.24) is 0 Å². The molecule has 0 spiro atoms. The summed E-state index contributed by atoms with van der Waals surface area (Å²) in [6.07, 6.45) is 46.6. The largest absolute Gasteiger partial charge is 0.432 e. The molecular formula is C45H94OSi. The van der Waals surface area contributed by atoms with Crippen LogP contribution in [0.25, 0.3) is 0 Å². The number of unbranched alkanes of at least 4 members (excludes halogenated alkanes) is 27. The van der Waals surface area contributed by atoms with E-state index >= 15 is 0 Å². The van der Waals surface area contributed by atoms with Crippen molar-refractivity contribution in [1.29, 1.82) is 0 Å². The van der Waals surface area contributed by atoms with Crippen molar-refractivity contribution in [3.63, 3.8) is 0 Å². The first-order chi connectivity index (χ1) is 22.7. The minimum absolute atomic E-state index is 0.874. The van der Waals surface area contributed by atoms with Gasteiger partial charge in [-0.05, 0) is 35.9 Å². The lowest BCUT2D eigenvalue weighted by atomic mass is 10.0. The van der Waals surface area contributed by atoms with E-state index in [4.69, 9.17) is 0 Å². The highest BCUT2D eigenvalue weighted by molar-refractivity contribution is 6.72. The highest BCUT2D eigenvalue weighted by atomic mass is 28.4. The maximum Gasteiger partial charge on any atom is 0.188 e. The van der Waals surface area contributed by atoms with Gasteiger partial charge in [-0.1, -0.05) is 253 Å². The van der Waals surface area contributed by atoms with Gasteiger partial charge in [-0.15, -0.1) is 0 Å². The molecule has 0 amide bonds. The topological polar surface area (TPSA) is 20.2 Å². The fraction of sp³-hybridized carbons (Fsp3) is 1.00. The molecule has 0 aromatic heterocycles. The highest BCUT2D eigenvalue weighted by Gasteiger charge is 2.29. The second-order valence-electron chi connectivity index (χ2n) is 17.6. The van der Waals surface area contributed by atoms with Gasteiger partial charge in [0.25, 0.3) is 0 Å². The fourth-order valence-corrected chi connectivity index (χ4v) is 11.1. The smallest absolute Gasteiger partial charge is 0.188 e. The Kier molecular flexibility index (Phi) is 36.1. The van der Waals surface area contributed by atoms with Gasteiger partial charge >= 0.3 is 0 Å². The second-order valence-corrected chi connectivity index (χ2v) is 21.6. The maximum absolute atomic E-state index is 11.9. The summed E-state index contributed by atoms with van der Waals surface area (Å²) in [5.41, 5.74) is 0. The Morgan fingerprint density at radius 1 is 0.255 bits per heavy atom. The van der Waals surface area contributed by atoms with Crippen molar-refractivity contribution in [2.45, 2.75) is 272 Å². The molecule has 2 heteroatoms.